The van der Waals surface area contributed by atoms with Gasteiger partial charge in [0.1, 0.15) is 11.8 Å². The van der Waals surface area contributed by atoms with Gasteiger partial charge in [0, 0.05) is 18.4 Å². The lowest BCUT2D eigenvalue weighted by Crippen LogP contribution is -2.18. The van der Waals surface area contributed by atoms with Crippen molar-refractivity contribution in [3.8, 4) is 0 Å². The average molecular weight is 218 g/mol. The van der Waals surface area contributed by atoms with Crippen molar-refractivity contribution >= 4 is 22.6 Å². The van der Waals surface area contributed by atoms with Gasteiger partial charge < -0.3 is 15.1 Å². The molecule has 84 valence electrons. The summed E-state index contributed by atoms with van der Waals surface area (Å²) in [5.41, 5.74) is 1.52. The Labute approximate surface area is 93.6 Å². The number of furan rings is 1. The molecule has 16 heavy (non-hydrogen) atoms. The van der Waals surface area contributed by atoms with Crippen LogP contribution in [0.5, 0.6) is 0 Å². The second kappa shape index (κ2) is 4.81. The van der Waals surface area contributed by atoms with Crippen LogP contribution in [-0.4, -0.2) is 19.5 Å². The number of hydrogen-bond acceptors (Lipinski definition) is 3. The van der Waals surface area contributed by atoms with Gasteiger partial charge in [-0.1, -0.05) is 12.1 Å². The number of para-hydroxylation sites is 1. The number of hydrogen-bond donors (Lipinski definition) is 2. The molecular formula is C12H14N2O2. The molecule has 0 saturated carbocycles. The average Bonchev–Trinajstić information content (AvgIpc) is 2.70. The molecule has 0 atom stereocenters. The van der Waals surface area contributed by atoms with E-state index in [1.54, 1.807) is 6.26 Å². The van der Waals surface area contributed by atoms with Gasteiger partial charge in [-0.25, -0.2) is 0 Å². The maximum atomic E-state index is 11.5. The lowest BCUT2D eigenvalue weighted by molar-refractivity contribution is -0.116. The highest BCUT2D eigenvalue weighted by molar-refractivity contribution is 6.00. The van der Waals surface area contributed by atoms with Crippen molar-refractivity contribution in [2.75, 3.05) is 18.9 Å². The zero-order valence-corrected chi connectivity index (χ0v) is 9.12. The van der Waals surface area contributed by atoms with E-state index in [0.717, 1.165) is 16.7 Å². The van der Waals surface area contributed by atoms with Crippen LogP contribution in [0.1, 0.15) is 6.42 Å². The second-order valence-electron chi connectivity index (χ2n) is 3.55. The Morgan fingerprint density at radius 1 is 1.38 bits per heavy atom. The number of anilines is 1. The van der Waals surface area contributed by atoms with Crippen molar-refractivity contribution in [2.45, 2.75) is 6.42 Å². The molecule has 0 aliphatic rings. The van der Waals surface area contributed by atoms with E-state index < -0.39 is 0 Å². The summed E-state index contributed by atoms with van der Waals surface area (Å²) in [4.78, 5) is 11.5. The minimum absolute atomic E-state index is 0.0131. The molecule has 1 aromatic carbocycles. The molecule has 0 unspecified atom stereocenters. The number of carbonyl (C=O) groups excluding carboxylic acids is 1. The lowest BCUT2D eigenvalue weighted by Gasteiger charge is -2.02. The van der Waals surface area contributed by atoms with Crippen LogP contribution in [0, 0.1) is 0 Å². The molecule has 0 aliphatic heterocycles. The number of nitrogens with one attached hydrogen (secondary N) is 2. The van der Waals surface area contributed by atoms with E-state index in [4.69, 9.17) is 4.42 Å². The van der Waals surface area contributed by atoms with E-state index in [-0.39, 0.29) is 5.91 Å². The van der Waals surface area contributed by atoms with E-state index >= 15 is 0 Å². The van der Waals surface area contributed by atoms with E-state index in [1.165, 1.54) is 0 Å². The molecule has 0 aliphatic carbocycles. The van der Waals surface area contributed by atoms with Gasteiger partial charge in [-0.2, -0.15) is 0 Å². The largest absolute Gasteiger partial charge is 0.462 e. The van der Waals surface area contributed by atoms with E-state index in [1.807, 2.05) is 31.3 Å². The Kier molecular flexibility index (Phi) is 3.22. The monoisotopic (exact) mass is 218 g/mol. The molecule has 0 saturated heterocycles. The number of carbonyl (C=O) groups is 1. The molecule has 2 rings (SSSR count). The third kappa shape index (κ3) is 2.23. The zero-order valence-electron chi connectivity index (χ0n) is 9.12. The van der Waals surface area contributed by atoms with Gasteiger partial charge in [0.05, 0.1) is 5.69 Å². The van der Waals surface area contributed by atoms with E-state index in [0.29, 0.717) is 13.0 Å². The molecule has 0 fully saturated rings. The lowest BCUT2D eigenvalue weighted by atomic mass is 10.2. The van der Waals surface area contributed by atoms with Gasteiger partial charge in [-0.3, -0.25) is 4.79 Å². The highest BCUT2D eigenvalue weighted by atomic mass is 16.3. The summed E-state index contributed by atoms with van der Waals surface area (Å²) in [7, 11) is 1.82. The fraction of sp³-hybridized carbons (Fsp3) is 0.250. The Balaban J connectivity index is 2.12. The molecule has 2 N–H and O–H groups in total. The van der Waals surface area contributed by atoms with Crippen molar-refractivity contribution in [2.24, 2.45) is 0 Å². The zero-order chi connectivity index (χ0) is 11.4. The van der Waals surface area contributed by atoms with E-state index in [2.05, 4.69) is 10.6 Å². The third-order valence-corrected chi connectivity index (χ3v) is 2.36. The van der Waals surface area contributed by atoms with Crippen LogP contribution in [0.3, 0.4) is 0 Å². The van der Waals surface area contributed by atoms with Gasteiger partial charge in [0.2, 0.25) is 5.91 Å². The number of amides is 1. The predicted molar refractivity (Wildman–Crippen MR) is 63.4 cm³/mol. The Hall–Kier alpha value is -1.81. The molecule has 2 aromatic rings. The van der Waals surface area contributed by atoms with Gasteiger partial charge in [0.15, 0.2) is 0 Å². The summed E-state index contributed by atoms with van der Waals surface area (Å²) in [6, 6.07) is 7.62. The summed E-state index contributed by atoms with van der Waals surface area (Å²) in [5, 5.41) is 6.69. The van der Waals surface area contributed by atoms with Gasteiger partial charge in [-0.15, -0.1) is 0 Å². The first kappa shape index (κ1) is 10.7. The highest BCUT2D eigenvalue weighted by Crippen LogP contribution is 2.25. The topological polar surface area (TPSA) is 54.3 Å². The smallest absolute Gasteiger partial charge is 0.225 e. The molecule has 1 aromatic heterocycles. The van der Waals surface area contributed by atoms with Gasteiger partial charge >= 0.3 is 0 Å². The minimum Gasteiger partial charge on any atom is -0.462 e. The van der Waals surface area contributed by atoms with Gasteiger partial charge in [-0.05, 0) is 19.2 Å². The third-order valence-electron chi connectivity index (χ3n) is 2.36. The molecular weight excluding hydrogens is 204 g/mol. The molecule has 0 bridgehead atoms. The number of rotatable bonds is 4. The standard InChI is InChI=1S/C12H14N2O2/c1-13-7-6-12(15)14-10-8-16-11-5-3-2-4-9(10)11/h2-5,8,13H,6-7H2,1H3,(H,14,15). The molecule has 1 heterocycles. The Morgan fingerprint density at radius 2 is 2.19 bits per heavy atom. The minimum atomic E-state index is -0.0131. The second-order valence-corrected chi connectivity index (χ2v) is 3.55. The van der Waals surface area contributed by atoms with Crippen LogP contribution in [-0.2, 0) is 4.79 Å². The summed E-state index contributed by atoms with van der Waals surface area (Å²) in [6.45, 7) is 0.668. The van der Waals surface area contributed by atoms with Crippen molar-refractivity contribution in [1.29, 1.82) is 0 Å². The van der Waals surface area contributed by atoms with Crippen LogP contribution in [0.2, 0.25) is 0 Å². The molecule has 0 radical (unpaired) electrons. The van der Waals surface area contributed by atoms with Gasteiger partial charge in [0.25, 0.3) is 0 Å². The van der Waals surface area contributed by atoms with Crippen molar-refractivity contribution in [3.63, 3.8) is 0 Å². The van der Waals surface area contributed by atoms with Crippen LogP contribution in [0.25, 0.3) is 11.0 Å². The first-order valence-corrected chi connectivity index (χ1v) is 5.22. The fourth-order valence-electron chi connectivity index (χ4n) is 1.53. The first-order chi connectivity index (χ1) is 7.81. The molecule has 4 heteroatoms. The quantitative estimate of drug-likeness (QED) is 0.825. The molecule has 0 spiro atoms. The van der Waals surface area contributed by atoms with Crippen LogP contribution in [0.15, 0.2) is 34.9 Å². The predicted octanol–water partition coefficient (Wildman–Crippen LogP) is 1.98. The van der Waals surface area contributed by atoms with Crippen molar-refractivity contribution in [3.05, 3.63) is 30.5 Å². The maximum Gasteiger partial charge on any atom is 0.225 e. The summed E-state index contributed by atoms with van der Waals surface area (Å²) < 4.78 is 5.32. The summed E-state index contributed by atoms with van der Waals surface area (Å²) in [6.07, 6.45) is 2.03. The van der Waals surface area contributed by atoms with Crippen LogP contribution < -0.4 is 10.6 Å². The van der Waals surface area contributed by atoms with Crippen LogP contribution in [0.4, 0.5) is 5.69 Å². The Bertz CT molecular complexity index is 490. The molecule has 4 nitrogen and oxygen atoms in total. The highest BCUT2D eigenvalue weighted by Gasteiger charge is 2.07. The Morgan fingerprint density at radius 3 is 3.00 bits per heavy atom. The number of fused-ring (bicyclic) bond motifs is 1. The summed E-state index contributed by atoms with van der Waals surface area (Å²) in [5.74, 6) is -0.0131. The fourth-order valence-corrected chi connectivity index (χ4v) is 1.53. The number of benzene rings is 1. The first-order valence-electron chi connectivity index (χ1n) is 5.22. The summed E-state index contributed by atoms with van der Waals surface area (Å²) >= 11 is 0. The molecule has 1 amide bonds. The van der Waals surface area contributed by atoms with Crippen molar-refractivity contribution < 1.29 is 9.21 Å². The normalized spacial score (nSPS) is 10.6. The van der Waals surface area contributed by atoms with Crippen LogP contribution >= 0.6 is 0 Å². The van der Waals surface area contributed by atoms with Crippen molar-refractivity contribution in [1.82, 2.24) is 5.32 Å². The van der Waals surface area contributed by atoms with E-state index in [9.17, 15) is 4.79 Å². The maximum absolute atomic E-state index is 11.5. The SMILES string of the molecule is CNCCC(=O)Nc1coc2ccccc12.